The molecule has 14 heavy (non-hydrogen) atoms. The minimum atomic E-state index is 0.0374. The van der Waals surface area contributed by atoms with Crippen LogP contribution in [0, 0.1) is 0 Å². The van der Waals surface area contributed by atoms with Crippen LogP contribution in [0.25, 0.3) is 0 Å². The van der Waals surface area contributed by atoms with Crippen LogP contribution >= 0.6 is 11.6 Å². The molecule has 0 amide bonds. The quantitative estimate of drug-likeness (QED) is 0.805. The fraction of sp³-hybridized carbons (Fsp3) is 0.455. The molecule has 0 aliphatic carbocycles. The topological polar surface area (TPSA) is 32.3 Å². The van der Waals surface area contributed by atoms with E-state index in [9.17, 15) is 0 Å². The molecule has 0 aromatic heterocycles. The molecule has 0 heterocycles. The first-order chi connectivity index (χ1) is 6.65. The lowest BCUT2D eigenvalue weighted by Gasteiger charge is -2.12. The van der Waals surface area contributed by atoms with Gasteiger partial charge in [0.15, 0.2) is 0 Å². The van der Waals surface area contributed by atoms with Crippen molar-refractivity contribution in [1.29, 1.82) is 0 Å². The number of hydrogen-bond acceptors (Lipinski definition) is 2. The van der Waals surface area contributed by atoms with Crippen LogP contribution in [-0.2, 0) is 13.2 Å². The maximum absolute atomic E-state index is 9.12. The monoisotopic (exact) mass is 213 g/mol. The lowest BCUT2D eigenvalue weighted by Crippen LogP contribution is -2.22. The normalized spacial score (nSPS) is 10.9. The maximum atomic E-state index is 9.12. The third kappa shape index (κ3) is 2.98. The Morgan fingerprint density at radius 1 is 1.43 bits per heavy atom. The second kappa shape index (κ2) is 5.35. The van der Waals surface area contributed by atoms with Gasteiger partial charge in [-0.3, -0.25) is 0 Å². The zero-order valence-corrected chi connectivity index (χ0v) is 9.30. The molecule has 0 aliphatic rings. The van der Waals surface area contributed by atoms with E-state index < -0.39 is 0 Å². The second-order valence-electron chi connectivity index (χ2n) is 3.57. The van der Waals surface area contributed by atoms with Gasteiger partial charge in [-0.25, -0.2) is 0 Å². The van der Waals surface area contributed by atoms with Gasteiger partial charge in [-0.2, -0.15) is 0 Å². The van der Waals surface area contributed by atoms with Gasteiger partial charge in [0.25, 0.3) is 0 Å². The Balaban J connectivity index is 2.82. The number of aliphatic hydroxyl groups excluding tert-OH is 1. The second-order valence-corrected chi connectivity index (χ2v) is 3.98. The fourth-order valence-corrected chi connectivity index (χ4v) is 1.52. The Kier molecular flexibility index (Phi) is 4.39. The van der Waals surface area contributed by atoms with Crippen LogP contribution in [0.1, 0.15) is 25.0 Å². The van der Waals surface area contributed by atoms with Crippen LogP contribution < -0.4 is 5.32 Å². The first kappa shape index (κ1) is 11.5. The summed E-state index contributed by atoms with van der Waals surface area (Å²) >= 11 is 6.04. The van der Waals surface area contributed by atoms with Crippen molar-refractivity contribution in [3.63, 3.8) is 0 Å². The van der Waals surface area contributed by atoms with Crippen molar-refractivity contribution in [3.8, 4) is 0 Å². The zero-order chi connectivity index (χ0) is 10.6. The lowest BCUT2D eigenvalue weighted by molar-refractivity contribution is 0.280. The largest absolute Gasteiger partial charge is 0.392 e. The Morgan fingerprint density at radius 3 is 2.71 bits per heavy atom. The number of nitrogens with one attached hydrogen (secondary N) is 1. The number of rotatable bonds is 4. The van der Waals surface area contributed by atoms with E-state index in [0.717, 1.165) is 11.1 Å². The van der Waals surface area contributed by atoms with Gasteiger partial charge in [-0.05, 0) is 17.2 Å². The van der Waals surface area contributed by atoms with Crippen molar-refractivity contribution in [2.75, 3.05) is 0 Å². The smallest absolute Gasteiger partial charge is 0.0685 e. The van der Waals surface area contributed by atoms with E-state index >= 15 is 0 Å². The highest BCUT2D eigenvalue weighted by molar-refractivity contribution is 6.31. The van der Waals surface area contributed by atoms with Crippen molar-refractivity contribution in [1.82, 2.24) is 5.32 Å². The van der Waals surface area contributed by atoms with Crippen molar-refractivity contribution in [2.24, 2.45) is 0 Å². The standard InChI is InChI=1S/C11H16ClNO/c1-8(2)13-6-10-9(7-14)4-3-5-11(10)12/h3-5,8,13-14H,6-7H2,1-2H3. The van der Waals surface area contributed by atoms with E-state index in [0.29, 0.717) is 17.6 Å². The zero-order valence-electron chi connectivity index (χ0n) is 8.55. The van der Waals surface area contributed by atoms with E-state index in [2.05, 4.69) is 19.2 Å². The summed E-state index contributed by atoms with van der Waals surface area (Å²) in [6.45, 7) is 4.90. The van der Waals surface area contributed by atoms with Crippen LogP contribution in [0.2, 0.25) is 5.02 Å². The Hall–Kier alpha value is -0.570. The molecule has 0 unspecified atom stereocenters. The predicted molar refractivity (Wildman–Crippen MR) is 59.4 cm³/mol. The summed E-state index contributed by atoms with van der Waals surface area (Å²) in [5.74, 6) is 0. The summed E-state index contributed by atoms with van der Waals surface area (Å²) in [7, 11) is 0. The summed E-state index contributed by atoms with van der Waals surface area (Å²) in [5, 5.41) is 13.1. The van der Waals surface area contributed by atoms with Crippen LogP contribution in [0.4, 0.5) is 0 Å². The van der Waals surface area contributed by atoms with Gasteiger partial charge >= 0.3 is 0 Å². The highest BCUT2D eigenvalue weighted by Gasteiger charge is 2.06. The summed E-state index contributed by atoms with van der Waals surface area (Å²) in [6.07, 6.45) is 0. The van der Waals surface area contributed by atoms with Gasteiger partial charge in [0, 0.05) is 17.6 Å². The molecule has 1 rings (SSSR count). The van der Waals surface area contributed by atoms with Gasteiger partial charge in [-0.15, -0.1) is 0 Å². The average molecular weight is 214 g/mol. The van der Waals surface area contributed by atoms with E-state index in [4.69, 9.17) is 16.7 Å². The highest BCUT2D eigenvalue weighted by atomic mass is 35.5. The van der Waals surface area contributed by atoms with Gasteiger partial charge in [0.2, 0.25) is 0 Å². The summed E-state index contributed by atoms with van der Waals surface area (Å²) < 4.78 is 0. The summed E-state index contributed by atoms with van der Waals surface area (Å²) in [5.41, 5.74) is 1.89. The van der Waals surface area contributed by atoms with Gasteiger partial charge in [0.05, 0.1) is 6.61 Å². The first-order valence-corrected chi connectivity index (χ1v) is 5.13. The number of aliphatic hydroxyl groups is 1. The van der Waals surface area contributed by atoms with Crippen LogP contribution in [0.15, 0.2) is 18.2 Å². The molecule has 0 aliphatic heterocycles. The van der Waals surface area contributed by atoms with E-state index in [-0.39, 0.29) is 6.61 Å². The summed E-state index contributed by atoms with van der Waals surface area (Å²) in [6, 6.07) is 6.01. The average Bonchev–Trinajstić information content (AvgIpc) is 2.15. The van der Waals surface area contributed by atoms with E-state index in [1.165, 1.54) is 0 Å². The summed E-state index contributed by atoms with van der Waals surface area (Å²) in [4.78, 5) is 0. The number of halogens is 1. The van der Waals surface area contributed by atoms with Crippen molar-refractivity contribution >= 4 is 11.6 Å². The van der Waals surface area contributed by atoms with E-state index in [1.54, 1.807) is 0 Å². The molecule has 2 nitrogen and oxygen atoms in total. The Labute approximate surface area is 89.9 Å². The molecular formula is C11H16ClNO. The minimum Gasteiger partial charge on any atom is -0.392 e. The first-order valence-electron chi connectivity index (χ1n) is 4.75. The molecule has 2 N–H and O–H groups in total. The predicted octanol–water partition coefficient (Wildman–Crippen LogP) is 2.33. The third-order valence-corrected chi connectivity index (χ3v) is 2.43. The number of benzene rings is 1. The molecule has 0 fully saturated rings. The van der Waals surface area contributed by atoms with Crippen molar-refractivity contribution in [3.05, 3.63) is 34.3 Å². The lowest BCUT2D eigenvalue weighted by atomic mass is 10.1. The Morgan fingerprint density at radius 2 is 2.14 bits per heavy atom. The molecule has 0 saturated carbocycles. The van der Waals surface area contributed by atoms with Gasteiger partial charge in [0.1, 0.15) is 0 Å². The minimum absolute atomic E-state index is 0.0374. The van der Waals surface area contributed by atoms with Crippen LogP contribution in [0.5, 0.6) is 0 Å². The molecule has 3 heteroatoms. The van der Waals surface area contributed by atoms with Crippen molar-refractivity contribution < 1.29 is 5.11 Å². The van der Waals surface area contributed by atoms with Crippen molar-refractivity contribution in [2.45, 2.75) is 33.0 Å². The third-order valence-electron chi connectivity index (χ3n) is 2.07. The van der Waals surface area contributed by atoms with Gasteiger partial charge < -0.3 is 10.4 Å². The molecule has 0 bridgehead atoms. The molecular weight excluding hydrogens is 198 g/mol. The molecule has 0 atom stereocenters. The molecule has 1 aromatic rings. The van der Waals surface area contributed by atoms with Gasteiger partial charge in [-0.1, -0.05) is 37.6 Å². The van der Waals surface area contributed by atoms with Crippen LogP contribution in [0.3, 0.4) is 0 Å². The molecule has 0 radical (unpaired) electrons. The number of hydrogen-bond donors (Lipinski definition) is 2. The molecule has 1 aromatic carbocycles. The SMILES string of the molecule is CC(C)NCc1c(Cl)cccc1CO. The van der Waals surface area contributed by atoms with E-state index in [1.807, 2.05) is 18.2 Å². The highest BCUT2D eigenvalue weighted by Crippen LogP contribution is 2.20. The molecule has 0 spiro atoms. The fourth-order valence-electron chi connectivity index (χ4n) is 1.26. The van der Waals surface area contributed by atoms with Crippen LogP contribution in [-0.4, -0.2) is 11.1 Å². The molecule has 78 valence electrons. The maximum Gasteiger partial charge on any atom is 0.0685 e. The molecule has 0 saturated heterocycles. The Bertz CT molecular complexity index is 299.